The molecule has 1 heterocycles. The van der Waals surface area contributed by atoms with Gasteiger partial charge in [0.25, 0.3) is 0 Å². The molecule has 1 aliphatic heterocycles. The molecule has 2 aliphatic rings. The van der Waals surface area contributed by atoms with Crippen LogP contribution in [0, 0.1) is 0 Å². The molecular weight excluding hydrogens is 216 g/mol. The monoisotopic (exact) mass is 238 g/mol. The summed E-state index contributed by atoms with van der Waals surface area (Å²) in [5, 5.41) is 2.71. The lowest BCUT2D eigenvalue weighted by molar-refractivity contribution is -0.149. The summed E-state index contributed by atoms with van der Waals surface area (Å²) in [5.41, 5.74) is 0. The molecular formula is C13H22N2O2. The van der Waals surface area contributed by atoms with E-state index in [4.69, 9.17) is 0 Å². The Bertz CT molecular complexity index is 298. The zero-order valence-electron chi connectivity index (χ0n) is 10.6. The van der Waals surface area contributed by atoms with E-state index in [1.807, 2.05) is 4.90 Å². The van der Waals surface area contributed by atoms with Crippen LogP contribution in [0.25, 0.3) is 0 Å². The maximum Gasteiger partial charge on any atom is 0.243 e. The molecule has 2 amide bonds. The summed E-state index contributed by atoms with van der Waals surface area (Å²) in [5.74, 6) is 0.145. The van der Waals surface area contributed by atoms with E-state index in [1.165, 1.54) is 19.3 Å². The molecule has 1 N–H and O–H groups in total. The van der Waals surface area contributed by atoms with Gasteiger partial charge in [-0.05, 0) is 19.3 Å². The maximum atomic E-state index is 12.0. The Morgan fingerprint density at radius 1 is 1.24 bits per heavy atom. The highest BCUT2D eigenvalue weighted by molar-refractivity contribution is 5.95. The van der Waals surface area contributed by atoms with Gasteiger partial charge in [0.05, 0.1) is 6.54 Å². The van der Waals surface area contributed by atoms with Crippen molar-refractivity contribution in [2.75, 3.05) is 6.54 Å². The number of nitrogens with zero attached hydrogens (tertiary/aromatic N) is 1. The highest BCUT2D eigenvalue weighted by Gasteiger charge is 2.38. The first kappa shape index (κ1) is 12.4. The van der Waals surface area contributed by atoms with E-state index >= 15 is 0 Å². The Morgan fingerprint density at radius 2 is 1.94 bits per heavy atom. The average molecular weight is 238 g/mol. The van der Waals surface area contributed by atoms with Crippen molar-refractivity contribution >= 4 is 11.8 Å². The van der Waals surface area contributed by atoms with Crippen LogP contribution in [0.1, 0.15) is 51.9 Å². The normalized spacial score (nSPS) is 27.1. The van der Waals surface area contributed by atoms with Gasteiger partial charge in [-0.1, -0.05) is 32.6 Å². The van der Waals surface area contributed by atoms with E-state index in [-0.39, 0.29) is 24.4 Å². The van der Waals surface area contributed by atoms with Crippen LogP contribution in [0.3, 0.4) is 0 Å². The van der Waals surface area contributed by atoms with E-state index in [0.29, 0.717) is 6.04 Å². The van der Waals surface area contributed by atoms with E-state index in [1.54, 1.807) is 0 Å². The van der Waals surface area contributed by atoms with Gasteiger partial charge in [0.1, 0.15) is 6.04 Å². The van der Waals surface area contributed by atoms with Gasteiger partial charge in [-0.25, -0.2) is 0 Å². The first-order valence-electron chi connectivity index (χ1n) is 6.83. The summed E-state index contributed by atoms with van der Waals surface area (Å²) in [6.45, 7) is 2.25. The lowest BCUT2D eigenvalue weighted by Gasteiger charge is -2.42. The molecule has 0 spiro atoms. The highest BCUT2D eigenvalue weighted by atomic mass is 16.2. The van der Waals surface area contributed by atoms with Crippen LogP contribution < -0.4 is 5.32 Å². The maximum absolute atomic E-state index is 12.0. The van der Waals surface area contributed by atoms with E-state index in [0.717, 1.165) is 25.7 Å². The summed E-state index contributed by atoms with van der Waals surface area (Å²) in [6, 6.07) is 0.0863. The fourth-order valence-electron chi connectivity index (χ4n) is 3.03. The number of hydrogen-bond donors (Lipinski definition) is 1. The molecule has 1 saturated carbocycles. The Hall–Kier alpha value is -1.06. The van der Waals surface area contributed by atoms with Crippen LogP contribution in [0.5, 0.6) is 0 Å². The molecule has 0 bridgehead atoms. The summed E-state index contributed by atoms with van der Waals surface area (Å²) in [4.78, 5) is 25.8. The topological polar surface area (TPSA) is 49.4 Å². The molecule has 1 saturated heterocycles. The van der Waals surface area contributed by atoms with Crippen molar-refractivity contribution in [3.63, 3.8) is 0 Å². The van der Waals surface area contributed by atoms with Crippen molar-refractivity contribution in [1.82, 2.24) is 10.2 Å². The zero-order chi connectivity index (χ0) is 12.3. The largest absolute Gasteiger partial charge is 0.345 e. The highest BCUT2D eigenvalue weighted by Crippen LogP contribution is 2.26. The molecule has 0 aromatic carbocycles. The smallest absolute Gasteiger partial charge is 0.243 e. The van der Waals surface area contributed by atoms with Gasteiger partial charge in [0.15, 0.2) is 0 Å². The molecule has 1 aliphatic carbocycles. The van der Waals surface area contributed by atoms with Crippen LogP contribution in [0.15, 0.2) is 0 Å². The van der Waals surface area contributed by atoms with Gasteiger partial charge in [-0.15, -0.1) is 0 Å². The lowest BCUT2D eigenvalue weighted by atomic mass is 9.91. The molecule has 4 nitrogen and oxygen atoms in total. The number of carbonyl (C=O) groups excluding carboxylic acids is 2. The van der Waals surface area contributed by atoms with Crippen molar-refractivity contribution in [2.45, 2.75) is 64.0 Å². The van der Waals surface area contributed by atoms with E-state index in [9.17, 15) is 9.59 Å². The molecule has 0 aromatic rings. The third kappa shape index (κ3) is 2.61. The Balaban J connectivity index is 2.12. The molecule has 1 unspecified atom stereocenters. The molecule has 1 atom stereocenters. The second-order valence-electron chi connectivity index (χ2n) is 5.12. The Morgan fingerprint density at radius 3 is 2.59 bits per heavy atom. The zero-order valence-corrected chi connectivity index (χ0v) is 10.6. The molecule has 0 aromatic heterocycles. The fraction of sp³-hybridized carbons (Fsp3) is 0.846. The summed E-state index contributed by atoms with van der Waals surface area (Å²) in [6.07, 6.45) is 7.51. The van der Waals surface area contributed by atoms with Crippen molar-refractivity contribution < 1.29 is 9.59 Å². The van der Waals surface area contributed by atoms with Crippen LogP contribution >= 0.6 is 0 Å². The van der Waals surface area contributed by atoms with Crippen molar-refractivity contribution in [1.29, 1.82) is 0 Å². The molecule has 96 valence electrons. The first-order valence-corrected chi connectivity index (χ1v) is 6.83. The SMILES string of the molecule is CCCC1C(=O)NCC(=O)N1C1CCCCC1. The minimum atomic E-state index is -0.218. The van der Waals surface area contributed by atoms with Gasteiger partial charge >= 0.3 is 0 Å². The first-order chi connectivity index (χ1) is 8.24. The fourth-order valence-corrected chi connectivity index (χ4v) is 3.03. The number of hydrogen-bond acceptors (Lipinski definition) is 2. The van der Waals surface area contributed by atoms with Gasteiger partial charge < -0.3 is 10.2 Å². The Kier molecular flexibility index (Phi) is 4.02. The van der Waals surface area contributed by atoms with Crippen LogP contribution in [0.4, 0.5) is 0 Å². The number of amides is 2. The second-order valence-corrected chi connectivity index (χ2v) is 5.12. The lowest BCUT2D eigenvalue weighted by Crippen LogP contribution is -2.61. The number of piperazine rings is 1. The van der Waals surface area contributed by atoms with Crippen LogP contribution in [-0.4, -0.2) is 35.3 Å². The van der Waals surface area contributed by atoms with Crippen LogP contribution in [-0.2, 0) is 9.59 Å². The summed E-state index contributed by atoms with van der Waals surface area (Å²) >= 11 is 0. The molecule has 2 rings (SSSR count). The standard InChI is InChI=1S/C13H22N2O2/c1-2-6-11-13(17)14-9-12(16)15(11)10-7-4-3-5-8-10/h10-11H,2-9H2,1H3,(H,14,17). The van der Waals surface area contributed by atoms with E-state index in [2.05, 4.69) is 12.2 Å². The Labute approximate surface area is 103 Å². The van der Waals surface area contributed by atoms with Gasteiger partial charge in [-0.2, -0.15) is 0 Å². The van der Waals surface area contributed by atoms with Crippen molar-refractivity contribution in [3.8, 4) is 0 Å². The molecule has 4 heteroatoms. The third-order valence-corrected chi connectivity index (χ3v) is 3.87. The second kappa shape index (κ2) is 5.52. The molecule has 2 fully saturated rings. The van der Waals surface area contributed by atoms with Gasteiger partial charge in [0, 0.05) is 6.04 Å². The minimum Gasteiger partial charge on any atom is -0.345 e. The predicted molar refractivity (Wildman–Crippen MR) is 65.4 cm³/mol. The van der Waals surface area contributed by atoms with Crippen LogP contribution in [0.2, 0.25) is 0 Å². The van der Waals surface area contributed by atoms with Gasteiger partial charge in [-0.3, -0.25) is 9.59 Å². The van der Waals surface area contributed by atoms with Gasteiger partial charge in [0.2, 0.25) is 11.8 Å². The predicted octanol–water partition coefficient (Wildman–Crippen LogP) is 1.45. The summed E-state index contributed by atoms with van der Waals surface area (Å²) in [7, 11) is 0. The number of nitrogens with one attached hydrogen (secondary N) is 1. The third-order valence-electron chi connectivity index (χ3n) is 3.87. The molecule has 0 radical (unpaired) electrons. The number of rotatable bonds is 3. The van der Waals surface area contributed by atoms with Crippen molar-refractivity contribution in [2.24, 2.45) is 0 Å². The number of carbonyl (C=O) groups is 2. The molecule has 17 heavy (non-hydrogen) atoms. The average Bonchev–Trinajstić information content (AvgIpc) is 2.35. The quantitative estimate of drug-likeness (QED) is 0.809. The minimum absolute atomic E-state index is 0.0389. The van der Waals surface area contributed by atoms with Crippen molar-refractivity contribution in [3.05, 3.63) is 0 Å². The summed E-state index contributed by atoms with van der Waals surface area (Å²) < 4.78 is 0. The van der Waals surface area contributed by atoms with E-state index < -0.39 is 0 Å².